The minimum Gasteiger partial charge on any atom is -0.514 e. The molecule has 1 radical (unpaired) electrons. The third-order valence-corrected chi connectivity index (χ3v) is 7.83. The molecule has 0 unspecified atom stereocenters. The van der Waals surface area contributed by atoms with E-state index in [4.69, 9.17) is 11.3 Å². The zero-order valence-corrected chi connectivity index (χ0v) is 25.1. The first-order valence-corrected chi connectivity index (χ1v) is 13.7. The summed E-state index contributed by atoms with van der Waals surface area (Å²) in [5, 5.41) is 2.09. The molecule has 7 rings (SSSR count). The van der Waals surface area contributed by atoms with Crippen LogP contribution in [-0.2, 0) is 20.1 Å². The Hall–Kier alpha value is -3.40. The third kappa shape index (κ3) is 5.73. The van der Waals surface area contributed by atoms with Crippen LogP contribution in [-0.4, -0.2) is 15.0 Å². The molecule has 5 heteroatoms. The number of aromatic nitrogens is 3. The molecule has 0 amide bonds. The molecule has 4 heterocycles. The van der Waals surface area contributed by atoms with Crippen LogP contribution in [0.1, 0.15) is 86.2 Å². The van der Waals surface area contributed by atoms with E-state index in [-0.39, 0.29) is 32.2 Å². The average Bonchev–Trinajstić information content (AvgIpc) is 3.69. The van der Waals surface area contributed by atoms with Crippen LogP contribution in [0.3, 0.4) is 0 Å². The predicted octanol–water partition coefficient (Wildman–Crippen LogP) is 7.10. The van der Waals surface area contributed by atoms with Crippen LogP contribution in [0.25, 0.3) is 28.2 Å². The quantitative estimate of drug-likeness (QED) is 0.213. The second kappa shape index (κ2) is 12.4. The van der Waals surface area contributed by atoms with Crippen molar-refractivity contribution in [2.75, 3.05) is 0 Å². The van der Waals surface area contributed by atoms with Gasteiger partial charge < -0.3 is 14.4 Å². The van der Waals surface area contributed by atoms with Gasteiger partial charge in [0.15, 0.2) is 0 Å². The van der Waals surface area contributed by atoms with E-state index in [0.29, 0.717) is 23.6 Å². The molecule has 207 valence electrons. The molecule has 0 atom stereocenters. The summed E-state index contributed by atoms with van der Waals surface area (Å²) in [6.07, 6.45) is 23.1. The van der Waals surface area contributed by atoms with Crippen molar-refractivity contribution in [3.63, 3.8) is 0 Å². The Morgan fingerprint density at radius 3 is 2.67 bits per heavy atom. The number of furan rings is 1. The van der Waals surface area contributed by atoms with E-state index in [9.17, 15) is 0 Å². The van der Waals surface area contributed by atoms with Crippen LogP contribution in [0.4, 0.5) is 0 Å². The van der Waals surface area contributed by atoms with Gasteiger partial charge in [0, 0.05) is 65.4 Å². The monoisotopic (exact) mass is 711 g/mol. The van der Waals surface area contributed by atoms with E-state index >= 15 is 0 Å². The summed E-state index contributed by atoms with van der Waals surface area (Å²) in [4.78, 5) is 13.2. The molecule has 4 aromatic rings. The van der Waals surface area contributed by atoms with Gasteiger partial charge in [0.05, 0.1) is 2.74 Å². The van der Waals surface area contributed by atoms with Crippen molar-refractivity contribution in [2.45, 2.75) is 65.1 Å². The van der Waals surface area contributed by atoms with Gasteiger partial charge in [0.25, 0.3) is 0 Å². The maximum Gasteiger partial charge on any atom is 0.124 e. The molecule has 3 aliphatic carbocycles. The van der Waals surface area contributed by atoms with Crippen molar-refractivity contribution >= 4 is 28.2 Å². The fraction of sp³-hybridized carbons (Fsp3) is 0.286. The minimum atomic E-state index is -1.99. The van der Waals surface area contributed by atoms with Crippen molar-refractivity contribution in [2.24, 2.45) is 0 Å². The topological polar surface area (TPSA) is 51.8 Å². The summed E-state index contributed by atoms with van der Waals surface area (Å²) < 4.78 is 44.6. The molecule has 0 N–H and O–H groups in total. The molecule has 1 fully saturated rings. The van der Waals surface area contributed by atoms with Crippen LogP contribution >= 0.6 is 0 Å². The number of pyridine rings is 3. The van der Waals surface area contributed by atoms with Crippen molar-refractivity contribution in [1.29, 1.82) is 0 Å². The molecule has 40 heavy (non-hydrogen) atoms. The van der Waals surface area contributed by atoms with Gasteiger partial charge in [-0.05, 0) is 67.7 Å². The average molecular weight is 711 g/mol. The van der Waals surface area contributed by atoms with E-state index in [1.165, 1.54) is 36.8 Å². The van der Waals surface area contributed by atoms with Crippen LogP contribution < -0.4 is 10.6 Å². The summed E-state index contributed by atoms with van der Waals surface area (Å²) >= 11 is 0. The van der Waals surface area contributed by atoms with Gasteiger partial charge in [-0.25, -0.2) is 0 Å². The largest absolute Gasteiger partial charge is 0.514 e. The Morgan fingerprint density at radius 1 is 1.02 bits per heavy atom. The summed E-state index contributed by atoms with van der Waals surface area (Å²) in [5.74, 6) is 0.521. The van der Waals surface area contributed by atoms with E-state index < -0.39 is 6.85 Å². The van der Waals surface area contributed by atoms with Gasteiger partial charge in [0.2, 0.25) is 0 Å². The second-order valence-electron chi connectivity index (χ2n) is 10.4. The summed E-state index contributed by atoms with van der Waals surface area (Å²) in [5.41, 5.74) is 8.94. The first kappa shape index (κ1) is 22.3. The van der Waals surface area contributed by atoms with Crippen molar-refractivity contribution in [1.82, 2.24) is 15.0 Å². The summed E-state index contributed by atoms with van der Waals surface area (Å²) in [6.45, 7) is 2.08. The molecule has 4 aromatic heterocycles. The summed E-state index contributed by atoms with van der Waals surface area (Å²) in [6, 6.07) is 3.90. The molecule has 0 aliphatic heterocycles. The first-order chi connectivity index (χ1) is 21.1. The van der Waals surface area contributed by atoms with Crippen molar-refractivity contribution < 1.29 is 31.4 Å². The number of aryl methyl sites for hydroxylation is 2. The minimum absolute atomic E-state index is 0. The molecule has 0 aromatic carbocycles. The predicted molar refractivity (Wildman–Crippen MR) is 159 cm³/mol. The molecular formula is C35H35IrN3O-2. The van der Waals surface area contributed by atoms with Crippen molar-refractivity contribution in [3.05, 3.63) is 118 Å². The van der Waals surface area contributed by atoms with E-state index in [1.807, 2.05) is 57.4 Å². The van der Waals surface area contributed by atoms with Crippen molar-refractivity contribution in [3.8, 4) is 0 Å². The maximum atomic E-state index is 8.23. The number of hydrogen-bond donors (Lipinski definition) is 0. The van der Waals surface area contributed by atoms with Gasteiger partial charge in [-0.1, -0.05) is 61.0 Å². The number of nitrogens with zero attached hydrogens (tertiary/aromatic N) is 3. The fourth-order valence-corrected chi connectivity index (χ4v) is 5.52. The molecule has 0 spiro atoms. The van der Waals surface area contributed by atoms with Gasteiger partial charge in [0.1, 0.15) is 5.58 Å². The number of rotatable bonds is 3. The zero-order chi connectivity index (χ0) is 31.0. The normalized spacial score (nSPS) is 18.4. The Balaban J connectivity index is 0.000000186. The van der Waals surface area contributed by atoms with E-state index in [0.717, 1.165) is 50.4 Å². The van der Waals surface area contributed by atoms with Crippen LogP contribution in [0.15, 0.2) is 71.1 Å². The second-order valence-corrected chi connectivity index (χ2v) is 10.4. The zero-order valence-electron chi connectivity index (χ0n) is 27.8. The third-order valence-electron chi connectivity index (χ3n) is 7.83. The maximum absolute atomic E-state index is 8.23. The van der Waals surface area contributed by atoms with Gasteiger partial charge in [-0.2, -0.15) is 24.5 Å². The summed E-state index contributed by atoms with van der Waals surface area (Å²) in [7, 11) is 0. The Labute approximate surface area is 257 Å². The molecule has 0 saturated heterocycles. The number of allylic oxidation sites excluding steroid dienone is 4. The molecule has 4 nitrogen and oxygen atoms in total. The molecule has 3 aliphatic rings. The Morgan fingerprint density at radius 2 is 1.90 bits per heavy atom. The first-order valence-electron chi connectivity index (χ1n) is 16.2. The molecule has 0 bridgehead atoms. The standard InChI is InChI=1S/C21H19N2O.C14H16N.Ir/c1-2-7-14(6-1)17-12-22-13-18-15-8-5-9-16(20(15)24-21(17)18)19-10-3-4-11-23-19;1-10-4-6-13(7-5-10)14-8-11(2)12(3)9-15-14;/h3-4,8-14H,1-2,5-7H2;4,6-9H,5H2,1-3H3;/q2*-1;/i3D,10D;1D3;. The molecular weight excluding hydrogens is 671 g/mol. The van der Waals surface area contributed by atoms with E-state index in [2.05, 4.69) is 21.0 Å². The SMILES string of the molecule is [2H]C([2H])([2H])C1=CC=C(c2cc(C)c(C)cn2)[CH-]C1.[2H]c1ccnc(C2=c3oc4c(C5CCCC5)cncc4c3=CC[CH-]2)c1[2H].[Ir]. The smallest absolute Gasteiger partial charge is 0.124 e. The van der Waals surface area contributed by atoms with Crippen LogP contribution in [0.5, 0.6) is 0 Å². The van der Waals surface area contributed by atoms with Gasteiger partial charge in [-0.3, -0.25) is 4.98 Å². The van der Waals surface area contributed by atoms with Crippen LogP contribution in [0, 0.1) is 26.7 Å². The number of hydrogen-bond acceptors (Lipinski definition) is 4. The Kier molecular flexibility index (Phi) is 6.92. The Bertz CT molecular complexity index is 1920. The molecule has 1 saturated carbocycles. The fourth-order valence-electron chi connectivity index (χ4n) is 5.52. The van der Waals surface area contributed by atoms with Gasteiger partial charge in [-0.15, -0.1) is 11.6 Å². The van der Waals surface area contributed by atoms with Crippen LogP contribution in [0.2, 0.25) is 0 Å². The van der Waals surface area contributed by atoms with Gasteiger partial charge >= 0.3 is 0 Å². The number of fused-ring (bicyclic) bond motifs is 3. The van der Waals surface area contributed by atoms with E-state index in [1.54, 1.807) is 18.3 Å².